The van der Waals surface area contributed by atoms with Gasteiger partial charge in [-0.1, -0.05) is 72.3 Å². The smallest absolute Gasteiger partial charge is 0.251 e. The summed E-state index contributed by atoms with van der Waals surface area (Å²) in [5.74, 6) is 0.563. The molecule has 0 spiro atoms. The molecular formula is C30H24ClN3O2. The number of benzene rings is 4. The number of carbonyl (C=O) groups is 1. The first kappa shape index (κ1) is 23.4. The van der Waals surface area contributed by atoms with Gasteiger partial charge in [-0.2, -0.15) is 5.10 Å². The summed E-state index contributed by atoms with van der Waals surface area (Å²) in [5.41, 5.74) is 5.20. The van der Waals surface area contributed by atoms with Crippen LogP contribution in [0, 0.1) is 0 Å². The van der Waals surface area contributed by atoms with Crippen molar-refractivity contribution in [3.05, 3.63) is 137 Å². The molecule has 1 amide bonds. The summed E-state index contributed by atoms with van der Waals surface area (Å²) in [7, 11) is 0. The lowest BCUT2D eigenvalue weighted by Gasteiger charge is -2.09. The summed E-state index contributed by atoms with van der Waals surface area (Å²) in [6, 6.07) is 34.5. The minimum atomic E-state index is -0.158. The van der Waals surface area contributed by atoms with E-state index in [9.17, 15) is 4.79 Å². The molecule has 6 heteroatoms. The molecule has 1 aromatic heterocycles. The van der Waals surface area contributed by atoms with Crippen molar-refractivity contribution in [1.29, 1.82) is 0 Å². The zero-order valence-corrected chi connectivity index (χ0v) is 20.2. The van der Waals surface area contributed by atoms with Crippen molar-refractivity contribution in [2.45, 2.75) is 13.2 Å². The van der Waals surface area contributed by atoms with Gasteiger partial charge in [-0.15, -0.1) is 0 Å². The van der Waals surface area contributed by atoms with Crippen molar-refractivity contribution in [3.63, 3.8) is 0 Å². The maximum atomic E-state index is 13.0. The molecule has 0 unspecified atom stereocenters. The van der Waals surface area contributed by atoms with E-state index in [2.05, 4.69) is 5.32 Å². The standard InChI is InChI=1S/C30H24ClN3O2/c31-26-14-16-28(17-15-26)36-21-22-8-7-11-24(18-22)30(35)32-19-25-20-34(27-12-5-2-6-13-27)33-29(25)23-9-3-1-4-10-23/h1-18,20H,19,21H2,(H,32,35). The molecule has 4 aromatic carbocycles. The lowest BCUT2D eigenvalue weighted by atomic mass is 10.1. The van der Waals surface area contributed by atoms with E-state index >= 15 is 0 Å². The number of rotatable bonds is 8. The number of halogens is 1. The van der Waals surface area contributed by atoms with Crippen LogP contribution in [-0.2, 0) is 13.2 Å². The zero-order valence-electron chi connectivity index (χ0n) is 19.5. The maximum absolute atomic E-state index is 13.0. The van der Waals surface area contributed by atoms with E-state index in [4.69, 9.17) is 21.4 Å². The second kappa shape index (κ2) is 10.9. The van der Waals surface area contributed by atoms with Gasteiger partial charge in [-0.25, -0.2) is 4.68 Å². The number of para-hydroxylation sites is 1. The molecule has 36 heavy (non-hydrogen) atoms. The van der Waals surface area contributed by atoms with Crippen molar-refractivity contribution in [2.75, 3.05) is 0 Å². The number of ether oxygens (including phenoxy) is 1. The van der Waals surface area contributed by atoms with Gasteiger partial charge >= 0.3 is 0 Å². The average molecular weight is 494 g/mol. The molecule has 0 aliphatic carbocycles. The molecule has 5 aromatic rings. The zero-order chi connectivity index (χ0) is 24.7. The minimum Gasteiger partial charge on any atom is -0.489 e. The molecule has 0 bridgehead atoms. The fraction of sp³-hybridized carbons (Fsp3) is 0.0667. The number of nitrogens with one attached hydrogen (secondary N) is 1. The van der Waals surface area contributed by atoms with Crippen molar-refractivity contribution in [3.8, 4) is 22.7 Å². The third-order valence-corrected chi connectivity index (χ3v) is 5.96. The topological polar surface area (TPSA) is 56.2 Å². The Morgan fingerprint density at radius 3 is 2.33 bits per heavy atom. The predicted octanol–water partition coefficient (Wildman–Crippen LogP) is 6.70. The highest BCUT2D eigenvalue weighted by Crippen LogP contribution is 2.24. The van der Waals surface area contributed by atoms with Crippen LogP contribution in [0.15, 0.2) is 115 Å². The Kier molecular flexibility index (Phi) is 7.10. The Hall–Kier alpha value is -4.35. The van der Waals surface area contributed by atoms with Gasteiger partial charge in [-0.3, -0.25) is 4.79 Å². The van der Waals surface area contributed by atoms with Crippen LogP contribution in [0.5, 0.6) is 5.75 Å². The molecule has 0 radical (unpaired) electrons. The third kappa shape index (κ3) is 5.65. The van der Waals surface area contributed by atoms with Gasteiger partial charge in [0.15, 0.2) is 0 Å². The van der Waals surface area contributed by atoms with Gasteiger partial charge < -0.3 is 10.1 Å². The summed E-state index contributed by atoms with van der Waals surface area (Å²) in [4.78, 5) is 13.0. The molecular weight excluding hydrogens is 470 g/mol. The van der Waals surface area contributed by atoms with E-state index in [0.717, 1.165) is 33.8 Å². The van der Waals surface area contributed by atoms with Gasteiger partial charge in [0, 0.05) is 34.5 Å². The van der Waals surface area contributed by atoms with E-state index in [-0.39, 0.29) is 5.91 Å². The predicted molar refractivity (Wildman–Crippen MR) is 142 cm³/mol. The Morgan fingerprint density at radius 1 is 0.861 bits per heavy atom. The third-order valence-electron chi connectivity index (χ3n) is 5.71. The summed E-state index contributed by atoms with van der Waals surface area (Å²) in [5, 5.41) is 8.52. The second-order valence-electron chi connectivity index (χ2n) is 8.27. The van der Waals surface area contributed by atoms with Crippen LogP contribution in [-0.4, -0.2) is 15.7 Å². The highest BCUT2D eigenvalue weighted by atomic mass is 35.5. The monoisotopic (exact) mass is 493 g/mol. The van der Waals surface area contributed by atoms with Crippen molar-refractivity contribution in [1.82, 2.24) is 15.1 Å². The van der Waals surface area contributed by atoms with E-state index in [1.807, 2.05) is 102 Å². The summed E-state index contributed by atoms with van der Waals surface area (Å²) in [6.07, 6.45) is 1.97. The largest absolute Gasteiger partial charge is 0.489 e. The Bertz CT molecular complexity index is 1450. The Labute approximate surface area is 214 Å². The minimum absolute atomic E-state index is 0.158. The highest BCUT2D eigenvalue weighted by molar-refractivity contribution is 6.30. The molecule has 1 N–H and O–H groups in total. The van der Waals surface area contributed by atoms with E-state index in [1.54, 1.807) is 18.2 Å². The summed E-state index contributed by atoms with van der Waals surface area (Å²) >= 11 is 5.93. The lowest BCUT2D eigenvalue weighted by Crippen LogP contribution is -2.23. The molecule has 0 aliphatic rings. The second-order valence-corrected chi connectivity index (χ2v) is 8.71. The van der Waals surface area contributed by atoms with E-state index in [0.29, 0.717) is 23.7 Å². The number of hydrogen-bond acceptors (Lipinski definition) is 3. The van der Waals surface area contributed by atoms with Gasteiger partial charge in [0.1, 0.15) is 12.4 Å². The number of carbonyl (C=O) groups excluding carboxylic acids is 1. The first-order chi connectivity index (χ1) is 17.7. The van der Waals surface area contributed by atoms with Gasteiger partial charge in [0.2, 0.25) is 0 Å². The van der Waals surface area contributed by atoms with Crippen LogP contribution in [0.4, 0.5) is 0 Å². The van der Waals surface area contributed by atoms with Gasteiger partial charge in [0.25, 0.3) is 5.91 Å². The SMILES string of the molecule is O=C(NCc1cn(-c2ccccc2)nc1-c1ccccc1)c1cccc(COc2ccc(Cl)cc2)c1. The number of hydrogen-bond donors (Lipinski definition) is 1. The molecule has 0 saturated carbocycles. The van der Waals surface area contributed by atoms with Crippen LogP contribution in [0.25, 0.3) is 16.9 Å². The summed E-state index contributed by atoms with van der Waals surface area (Å²) < 4.78 is 7.67. The van der Waals surface area contributed by atoms with E-state index in [1.165, 1.54) is 0 Å². The van der Waals surface area contributed by atoms with Crippen LogP contribution < -0.4 is 10.1 Å². The first-order valence-electron chi connectivity index (χ1n) is 11.6. The lowest BCUT2D eigenvalue weighted by molar-refractivity contribution is 0.0951. The molecule has 5 nitrogen and oxygen atoms in total. The molecule has 0 saturated heterocycles. The molecule has 1 heterocycles. The van der Waals surface area contributed by atoms with Crippen molar-refractivity contribution >= 4 is 17.5 Å². The molecule has 0 atom stereocenters. The van der Waals surface area contributed by atoms with Crippen molar-refractivity contribution < 1.29 is 9.53 Å². The molecule has 5 rings (SSSR count). The van der Waals surface area contributed by atoms with Crippen LogP contribution in [0.2, 0.25) is 5.02 Å². The van der Waals surface area contributed by atoms with E-state index < -0.39 is 0 Å². The van der Waals surface area contributed by atoms with Crippen LogP contribution >= 0.6 is 11.6 Å². The highest BCUT2D eigenvalue weighted by Gasteiger charge is 2.14. The Morgan fingerprint density at radius 2 is 1.58 bits per heavy atom. The van der Waals surface area contributed by atoms with Gasteiger partial charge in [0.05, 0.1) is 11.4 Å². The maximum Gasteiger partial charge on any atom is 0.251 e. The molecule has 0 aliphatic heterocycles. The number of nitrogens with zero attached hydrogens (tertiary/aromatic N) is 2. The van der Waals surface area contributed by atoms with Crippen LogP contribution in [0.3, 0.4) is 0 Å². The van der Waals surface area contributed by atoms with Crippen molar-refractivity contribution in [2.24, 2.45) is 0 Å². The normalized spacial score (nSPS) is 10.7. The Balaban J connectivity index is 1.30. The molecule has 0 fully saturated rings. The molecule has 178 valence electrons. The average Bonchev–Trinajstić information content (AvgIpc) is 3.37. The quantitative estimate of drug-likeness (QED) is 0.261. The first-order valence-corrected chi connectivity index (χ1v) is 12.0. The summed E-state index contributed by atoms with van der Waals surface area (Å²) in [6.45, 7) is 0.701. The van der Waals surface area contributed by atoms with Gasteiger partial charge in [-0.05, 0) is 54.1 Å². The fourth-order valence-electron chi connectivity index (χ4n) is 3.87. The number of aromatic nitrogens is 2. The fourth-order valence-corrected chi connectivity index (χ4v) is 3.99. The van der Waals surface area contributed by atoms with Crippen LogP contribution in [0.1, 0.15) is 21.5 Å². The number of amides is 1.